The van der Waals surface area contributed by atoms with Crippen LogP contribution in [0.25, 0.3) is 0 Å². The molecule has 1 unspecified atom stereocenters. The number of aliphatic imine (C=N–C) groups is 1. The van der Waals surface area contributed by atoms with Crippen molar-refractivity contribution >= 4 is 40.7 Å². The third kappa shape index (κ3) is 6.36. The van der Waals surface area contributed by atoms with Crippen molar-refractivity contribution in [2.24, 2.45) is 10.9 Å². The molecule has 4 heterocycles. The van der Waals surface area contributed by atoms with Gasteiger partial charge in [-0.1, -0.05) is 31.2 Å². The van der Waals surface area contributed by atoms with Crippen molar-refractivity contribution in [1.82, 2.24) is 15.2 Å². The van der Waals surface area contributed by atoms with E-state index in [2.05, 4.69) is 10.3 Å². The minimum Gasteiger partial charge on any atom is -0.481 e. The number of aliphatic carboxylic acids is 1. The monoisotopic (exact) mass is 677 g/mol. The number of amides is 1. The van der Waals surface area contributed by atoms with Crippen LogP contribution in [0.4, 0.5) is 14.5 Å². The number of hydrogen-bond donors (Lipinski definition) is 2. The van der Waals surface area contributed by atoms with Gasteiger partial charge >= 0.3 is 11.9 Å². The number of piperidine rings is 1. The van der Waals surface area contributed by atoms with Gasteiger partial charge < -0.3 is 20.1 Å². The number of benzene rings is 2. The standard InChI is InChI=1S/C35H37F2N5O5S/c1-4-47-33(45)29-27(39-31(32-38-12-14-48-32)40-30(29)25-9-6-10-26(36)21(25)3)19-41-13-11-35(37)23(17-41)18-42(34(35)46)24-8-5-7-22(16-24)20(2)15-28(43)44/h5-10,12,14,16,20,23,30H,4,11,13,15,17-19H2,1-3H3,(H,39,40)(H,43,44)/t20?,23-,30-,35+/m0/s1. The summed E-state index contributed by atoms with van der Waals surface area (Å²) in [4.78, 5) is 51.1. The highest BCUT2D eigenvalue weighted by Crippen LogP contribution is 2.43. The molecule has 3 aliphatic heterocycles. The van der Waals surface area contributed by atoms with Crippen LogP contribution < -0.4 is 10.2 Å². The number of rotatable bonds is 10. The molecule has 10 nitrogen and oxygen atoms in total. The van der Waals surface area contributed by atoms with Gasteiger partial charge in [0.15, 0.2) is 16.5 Å². The van der Waals surface area contributed by atoms with Crippen molar-refractivity contribution in [3.63, 3.8) is 0 Å². The van der Waals surface area contributed by atoms with Crippen molar-refractivity contribution in [3.8, 4) is 0 Å². The summed E-state index contributed by atoms with van der Waals surface area (Å²) in [6, 6.07) is 10.9. The third-order valence-electron chi connectivity index (χ3n) is 9.40. The maximum atomic E-state index is 16.5. The Morgan fingerprint density at radius 3 is 2.75 bits per heavy atom. The predicted molar refractivity (Wildman–Crippen MR) is 177 cm³/mol. The molecule has 3 aliphatic rings. The Bertz CT molecular complexity index is 1800. The SMILES string of the molecule is CCOC(=O)C1=C(CN2CC[C@]3(F)C(=O)N(c4cccc(C(C)CC(=O)O)c4)C[C@@H]3C2)NC(c2nccs2)=N[C@H]1c1cccc(F)c1C. The van der Waals surface area contributed by atoms with E-state index in [1.807, 2.05) is 16.3 Å². The zero-order valence-electron chi connectivity index (χ0n) is 26.9. The number of alkyl halides is 1. The molecule has 0 aliphatic carbocycles. The second kappa shape index (κ2) is 13.6. The van der Waals surface area contributed by atoms with Crippen LogP contribution in [0, 0.1) is 18.7 Å². The maximum Gasteiger partial charge on any atom is 0.338 e. The number of esters is 1. The predicted octanol–water partition coefficient (Wildman–Crippen LogP) is 5.15. The Morgan fingerprint density at radius 1 is 1.23 bits per heavy atom. The van der Waals surface area contributed by atoms with Crippen LogP contribution in [0.1, 0.15) is 60.3 Å². The van der Waals surface area contributed by atoms with Gasteiger partial charge in [0.05, 0.1) is 18.6 Å². The van der Waals surface area contributed by atoms with Gasteiger partial charge in [-0.15, -0.1) is 11.3 Å². The number of hydrogen-bond acceptors (Lipinski definition) is 9. The first-order valence-electron chi connectivity index (χ1n) is 15.9. The molecule has 252 valence electrons. The first-order valence-corrected chi connectivity index (χ1v) is 16.8. The molecule has 2 N–H and O–H groups in total. The molecule has 4 atom stereocenters. The Morgan fingerprint density at radius 2 is 2.02 bits per heavy atom. The van der Waals surface area contributed by atoms with Crippen molar-refractivity contribution in [3.05, 3.63) is 92.8 Å². The Kier molecular flexibility index (Phi) is 9.44. The number of thiazole rings is 1. The lowest BCUT2D eigenvalue weighted by atomic mass is 9.84. The van der Waals surface area contributed by atoms with Crippen LogP contribution in [-0.4, -0.2) is 77.1 Å². The fourth-order valence-electron chi connectivity index (χ4n) is 6.82. The molecular formula is C35H37F2N5O5S. The number of ether oxygens (including phenoxy) is 1. The molecule has 6 rings (SSSR count). The number of nitrogens with one attached hydrogen (secondary N) is 1. The number of carbonyl (C=O) groups excluding carboxylic acids is 2. The summed E-state index contributed by atoms with van der Waals surface area (Å²) in [6.45, 7) is 6.11. The summed E-state index contributed by atoms with van der Waals surface area (Å²) in [6.07, 6.45) is 1.55. The number of nitrogens with zero attached hydrogens (tertiary/aromatic N) is 4. The number of amidine groups is 1. The van der Waals surface area contributed by atoms with Gasteiger partial charge in [0.1, 0.15) is 11.9 Å². The van der Waals surface area contributed by atoms with E-state index in [-0.39, 0.29) is 57.1 Å². The quantitative estimate of drug-likeness (QED) is 0.283. The number of aromatic nitrogens is 1. The molecule has 1 amide bonds. The fraction of sp³-hybridized carbons (Fsp3) is 0.400. The van der Waals surface area contributed by atoms with Gasteiger partial charge in [0, 0.05) is 61.5 Å². The third-order valence-corrected chi connectivity index (χ3v) is 10.2. The van der Waals surface area contributed by atoms with E-state index in [1.54, 1.807) is 57.3 Å². The highest BCUT2D eigenvalue weighted by atomic mass is 32.1. The van der Waals surface area contributed by atoms with Gasteiger partial charge in [0.2, 0.25) is 0 Å². The van der Waals surface area contributed by atoms with Gasteiger partial charge in [-0.05, 0) is 54.7 Å². The van der Waals surface area contributed by atoms with E-state index in [1.165, 1.54) is 22.3 Å². The average Bonchev–Trinajstić information content (AvgIpc) is 3.69. The number of carboxylic acid groups (broad SMARTS) is 1. The van der Waals surface area contributed by atoms with Crippen LogP contribution >= 0.6 is 11.3 Å². The minimum absolute atomic E-state index is 0.0377. The maximum absolute atomic E-state index is 16.5. The molecule has 2 aromatic carbocycles. The summed E-state index contributed by atoms with van der Waals surface area (Å²) < 4.78 is 36.8. The molecule has 0 radical (unpaired) electrons. The highest BCUT2D eigenvalue weighted by Gasteiger charge is 2.57. The Labute approximate surface area is 281 Å². The molecule has 2 saturated heterocycles. The van der Waals surface area contributed by atoms with Crippen LogP contribution in [-0.2, 0) is 19.1 Å². The number of carbonyl (C=O) groups is 3. The highest BCUT2D eigenvalue weighted by molar-refractivity contribution is 7.11. The summed E-state index contributed by atoms with van der Waals surface area (Å²) >= 11 is 1.37. The molecule has 1 aromatic heterocycles. The summed E-state index contributed by atoms with van der Waals surface area (Å²) in [7, 11) is 0. The Balaban J connectivity index is 1.30. The summed E-state index contributed by atoms with van der Waals surface area (Å²) in [5.74, 6) is -3.03. The smallest absolute Gasteiger partial charge is 0.338 e. The lowest BCUT2D eigenvalue weighted by molar-refractivity contribution is -0.139. The van der Waals surface area contributed by atoms with Gasteiger partial charge in [-0.3, -0.25) is 19.5 Å². The molecule has 0 spiro atoms. The molecule has 13 heteroatoms. The summed E-state index contributed by atoms with van der Waals surface area (Å²) in [5, 5.41) is 14.9. The van der Waals surface area contributed by atoms with E-state index in [4.69, 9.17) is 9.73 Å². The van der Waals surface area contributed by atoms with Crippen LogP contribution in [0.2, 0.25) is 0 Å². The topological polar surface area (TPSA) is 124 Å². The molecule has 2 fully saturated rings. The largest absolute Gasteiger partial charge is 0.481 e. The van der Waals surface area contributed by atoms with E-state index < -0.39 is 41.3 Å². The lowest BCUT2D eigenvalue weighted by Crippen LogP contribution is -2.52. The number of halogens is 2. The number of fused-ring (bicyclic) bond motifs is 1. The van der Waals surface area contributed by atoms with Crippen molar-refractivity contribution < 1.29 is 33.0 Å². The second-order valence-electron chi connectivity index (χ2n) is 12.5. The first-order chi connectivity index (χ1) is 23.0. The number of anilines is 1. The van der Waals surface area contributed by atoms with E-state index >= 15 is 4.39 Å². The second-order valence-corrected chi connectivity index (χ2v) is 13.4. The average molecular weight is 678 g/mol. The zero-order chi connectivity index (χ0) is 34.2. The van der Waals surface area contributed by atoms with E-state index in [9.17, 15) is 23.9 Å². The minimum atomic E-state index is -2.06. The van der Waals surface area contributed by atoms with Crippen LogP contribution in [0.3, 0.4) is 0 Å². The van der Waals surface area contributed by atoms with Crippen molar-refractivity contribution in [1.29, 1.82) is 0 Å². The first kappa shape index (κ1) is 33.4. The molecule has 0 bridgehead atoms. The van der Waals surface area contributed by atoms with Crippen molar-refractivity contribution in [2.45, 2.75) is 51.2 Å². The summed E-state index contributed by atoms with van der Waals surface area (Å²) in [5.41, 5.74) is 0.839. The van der Waals surface area contributed by atoms with E-state index in [0.29, 0.717) is 33.4 Å². The molecule has 0 saturated carbocycles. The zero-order valence-corrected chi connectivity index (χ0v) is 27.7. The van der Waals surface area contributed by atoms with Crippen molar-refractivity contribution in [2.75, 3.05) is 37.7 Å². The molecular weight excluding hydrogens is 640 g/mol. The molecule has 48 heavy (non-hydrogen) atoms. The number of carboxylic acids is 1. The lowest BCUT2D eigenvalue weighted by Gasteiger charge is -2.38. The fourth-order valence-corrected chi connectivity index (χ4v) is 7.40. The molecule has 3 aromatic rings. The van der Waals surface area contributed by atoms with Gasteiger partial charge in [-0.2, -0.15) is 0 Å². The van der Waals surface area contributed by atoms with Crippen LogP contribution in [0.5, 0.6) is 0 Å². The van der Waals surface area contributed by atoms with Crippen LogP contribution in [0.15, 0.2) is 70.3 Å². The normalized spacial score (nSPS) is 23.4. The van der Waals surface area contributed by atoms with Gasteiger partial charge in [0.25, 0.3) is 5.91 Å². The van der Waals surface area contributed by atoms with E-state index in [0.717, 1.165) is 5.56 Å². The number of likely N-dealkylation sites (tertiary alicyclic amines) is 1. The van der Waals surface area contributed by atoms with Gasteiger partial charge in [-0.25, -0.2) is 18.6 Å². The Hall–Kier alpha value is -4.49.